The van der Waals surface area contributed by atoms with E-state index in [4.69, 9.17) is 5.11 Å². The fourth-order valence-corrected chi connectivity index (χ4v) is 2.48. The number of nitrogens with one attached hydrogen (secondary N) is 2. The first-order valence-corrected chi connectivity index (χ1v) is 6.91. The van der Waals surface area contributed by atoms with Crippen LogP contribution in [-0.4, -0.2) is 30.1 Å². The number of carboxylic acid groups (broad SMARTS) is 1. The maximum Gasteiger partial charge on any atom is 0.337 e. The summed E-state index contributed by atoms with van der Waals surface area (Å²) in [5.74, 6) is -1.29. The lowest BCUT2D eigenvalue weighted by Gasteiger charge is -2.22. The zero-order valence-corrected chi connectivity index (χ0v) is 11.9. The van der Waals surface area contributed by atoms with Gasteiger partial charge in [0.15, 0.2) is 0 Å². The van der Waals surface area contributed by atoms with Gasteiger partial charge in [0.2, 0.25) is 5.91 Å². The summed E-state index contributed by atoms with van der Waals surface area (Å²) in [5.41, 5.74) is 0.428. The van der Waals surface area contributed by atoms with Crippen molar-refractivity contribution in [3.8, 4) is 0 Å². The van der Waals surface area contributed by atoms with Crippen molar-refractivity contribution in [1.29, 1.82) is 0 Å². The van der Waals surface area contributed by atoms with E-state index in [0.717, 1.165) is 23.9 Å². The molecule has 3 N–H and O–H groups in total. The SMILES string of the molecule is O=C(O)c1ccc(Br)cc1NC(=O)[C@H]1CCCNC1. The third-order valence-electron chi connectivity index (χ3n) is 3.14. The van der Waals surface area contributed by atoms with Crippen LogP contribution in [0.5, 0.6) is 0 Å². The molecule has 19 heavy (non-hydrogen) atoms. The Balaban J connectivity index is 2.15. The van der Waals surface area contributed by atoms with Crippen LogP contribution >= 0.6 is 15.9 Å². The minimum absolute atomic E-state index is 0.0975. The van der Waals surface area contributed by atoms with Gasteiger partial charge in [-0.15, -0.1) is 0 Å². The number of hydrogen-bond donors (Lipinski definition) is 3. The van der Waals surface area contributed by atoms with Crippen molar-refractivity contribution in [1.82, 2.24) is 5.32 Å². The Morgan fingerprint density at radius 2 is 2.21 bits per heavy atom. The molecule has 1 saturated heterocycles. The van der Waals surface area contributed by atoms with Crippen LogP contribution in [0, 0.1) is 5.92 Å². The zero-order valence-electron chi connectivity index (χ0n) is 10.3. The average molecular weight is 327 g/mol. The van der Waals surface area contributed by atoms with Crippen molar-refractivity contribution in [2.24, 2.45) is 5.92 Å². The Kier molecular flexibility index (Phi) is 4.55. The molecule has 1 aliphatic rings. The summed E-state index contributed by atoms with van der Waals surface area (Å²) in [6.45, 7) is 1.57. The summed E-state index contributed by atoms with van der Waals surface area (Å²) < 4.78 is 0.731. The maximum atomic E-state index is 12.1. The quantitative estimate of drug-likeness (QED) is 0.794. The fraction of sp³-hybridized carbons (Fsp3) is 0.385. The molecule has 1 atom stereocenters. The van der Waals surface area contributed by atoms with Gasteiger partial charge in [-0.1, -0.05) is 15.9 Å². The first kappa shape index (κ1) is 14.0. The van der Waals surface area contributed by atoms with Gasteiger partial charge >= 0.3 is 5.97 Å². The molecule has 0 saturated carbocycles. The first-order chi connectivity index (χ1) is 9.08. The number of carbonyl (C=O) groups is 2. The highest BCUT2D eigenvalue weighted by atomic mass is 79.9. The van der Waals surface area contributed by atoms with E-state index < -0.39 is 5.97 Å². The van der Waals surface area contributed by atoms with Gasteiger partial charge < -0.3 is 15.7 Å². The zero-order chi connectivity index (χ0) is 13.8. The average Bonchev–Trinajstić information content (AvgIpc) is 2.39. The van der Waals surface area contributed by atoms with Crippen LogP contribution < -0.4 is 10.6 Å². The predicted molar refractivity (Wildman–Crippen MR) is 75.3 cm³/mol. The van der Waals surface area contributed by atoms with E-state index >= 15 is 0 Å². The Morgan fingerprint density at radius 1 is 1.42 bits per heavy atom. The topological polar surface area (TPSA) is 78.4 Å². The Bertz CT molecular complexity index is 499. The van der Waals surface area contributed by atoms with E-state index in [-0.39, 0.29) is 17.4 Å². The summed E-state index contributed by atoms with van der Waals surface area (Å²) >= 11 is 3.27. The van der Waals surface area contributed by atoms with Crippen LogP contribution in [0.4, 0.5) is 5.69 Å². The molecule has 1 heterocycles. The van der Waals surface area contributed by atoms with Crippen molar-refractivity contribution >= 4 is 33.5 Å². The first-order valence-electron chi connectivity index (χ1n) is 6.12. The number of halogens is 1. The van der Waals surface area contributed by atoms with Crippen LogP contribution in [0.15, 0.2) is 22.7 Å². The highest BCUT2D eigenvalue weighted by molar-refractivity contribution is 9.10. The number of hydrogen-bond acceptors (Lipinski definition) is 3. The second kappa shape index (κ2) is 6.16. The van der Waals surface area contributed by atoms with Gasteiger partial charge in [0.25, 0.3) is 0 Å². The molecule has 2 rings (SSSR count). The third-order valence-corrected chi connectivity index (χ3v) is 3.63. The van der Waals surface area contributed by atoms with Crippen molar-refractivity contribution in [3.05, 3.63) is 28.2 Å². The molecule has 0 aromatic heterocycles. The van der Waals surface area contributed by atoms with E-state index in [9.17, 15) is 9.59 Å². The highest BCUT2D eigenvalue weighted by Gasteiger charge is 2.22. The molecular weight excluding hydrogens is 312 g/mol. The van der Waals surface area contributed by atoms with Crippen molar-refractivity contribution in [2.75, 3.05) is 18.4 Å². The Hall–Kier alpha value is -1.40. The summed E-state index contributed by atoms with van der Waals surface area (Å²) in [4.78, 5) is 23.2. The Morgan fingerprint density at radius 3 is 2.84 bits per heavy atom. The lowest BCUT2D eigenvalue weighted by atomic mass is 9.98. The molecule has 102 valence electrons. The number of carbonyl (C=O) groups excluding carboxylic acids is 1. The smallest absolute Gasteiger partial charge is 0.337 e. The predicted octanol–water partition coefficient (Wildman–Crippen LogP) is 2.09. The van der Waals surface area contributed by atoms with Crippen LogP contribution in [0.2, 0.25) is 0 Å². The molecule has 0 spiro atoms. The molecule has 1 fully saturated rings. The standard InChI is InChI=1S/C13H15BrN2O3/c14-9-3-4-10(13(18)19)11(6-9)16-12(17)8-2-1-5-15-7-8/h3-4,6,8,15H,1-2,5,7H2,(H,16,17)(H,18,19)/t8-/m0/s1. The highest BCUT2D eigenvalue weighted by Crippen LogP contribution is 2.23. The van der Waals surface area contributed by atoms with E-state index in [0.29, 0.717) is 12.2 Å². The van der Waals surface area contributed by atoms with Gasteiger partial charge in [0.05, 0.1) is 17.2 Å². The lowest BCUT2D eigenvalue weighted by molar-refractivity contribution is -0.120. The molecule has 5 nitrogen and oxygen atoms in total. The molecular formula is C13H15BrN2O3. The molecule has 6 heteroatoms. The molecule has 1 aliphatic heterocycles. The molecule has 0 bridgehead atoms. The summed E-state index contributed by atoms with van der Waals surface area (Å²) in [7, 11) is 0. The van der Waals surface area contributed by atoms with Crippen molar-refractivity contribution < 1.29 is 14.7 Å². The maximum absolute atomic E-state index is 12.1. The van der Waals surface area contributed by atoms with E-state index in [1.54, 1.807) is 12.1 Å². The number of anilines is 1. The number of aromatic carboxylic acids is 1. The lowest BCUT2D eigenvalue weighted by Crippen LogP contribution is -2.37. The molecule has 1 aromatic rings. The van der Waals surface area contributed by atoms with Crippen LogP contribution in [0.25, 0.3) is 0 Å². The molecule has 1 amide bonds. The second-order valence-corrected chi connectivity index (χ2v) is 5.44. The number of piperidine rings is 1. The molecule has 0 aliphatic carbocycles. The summed E-state index contributed by atoms with van der Waals surface area (Å²) in [6, 6.07) is 4.72. The fourth-order valence-electron chi connectivity index (χ4n) is 2.12. The number of benzene rings is 1. The molecule has 1 aromatic carbocycles. The minimum Gasteiger partial charge on any atom is -0.478 e. The van der Waals surface area contributed by atoms with Gasteiger partial charge in [-0.2, -0.15) is 0 Å². The largest absolute Gasteiger partial charge is 0.478 e. The second-order valence-electron chi connectivity index (χ2n) is 4.53. The van der Waals surface area contributed by atoms with Gasteiger partial charge in [-0.05, 0) is 37.6 Å². The number of carboxylic acids is 1. The van der Waals surface area contributed by atoms with E-state index in [2.05, 4.69) is 26.6 Å². The van der Waals surface area contributed by atoms with Gasteiger partial charge in [-0.3, -0.25) is 4.79 Å². The summed E-state index contributed by atoms with van der Waals surface area (Å²) in [6.07, 6.45) is 1.79. The van der Waals surface area contributed by atoms with Crippen LogP contribution in [-0.2, 0) is 4.79 Å². The third kappa shape index (κ3) is 3.54. The number of amides is 1. The van der Waals surface area contributed by atoms with Gasteiger partial charge in [0.1, 0.15) is 0 Å². The molecule has 0 radical (unpaired) electrons. The Labute approximate surface area is 119 Å². The minimum atomic E-state index is -1.05. The summed E-state index contributed by atoms with van der Waals surface area (Å²) in [5, 5.41) is 15.0. The van der Waals surface area contributed by atoms with E-state index in [1.807, 2.05) is 0 Å². The monoisotopic (exact) mass is 326 g/mol. The van der Waals surface area contributed by atoms with Crippen LogP contribution in [0.3, 0.4) is 0 Å². The van der Waals surface area contributed by atoms with Crippen molar-refractivity contribution in [2.45, 2.75) is 12.8 Å². The van der Waals surface area contributed by atoms with Gasteiger partial charge in [0, 0.05) is 11.0 Å². The van der Waals surface area contributed by atoms with Gasteiger partial charge in [-0.25, -0.2) is 4.79 Å². The number of rotatable bonds is 3. The normalized spacial score (nSPS) is 18.9. The van der Waals surface area contributed by atoms with Crippen LogP contribution in [0.1, 0.15) is 23.2 Å². The van der Waals surface area contributed by atoms with E-state index in [1.165, 1.54) is 6.07 Å². The molecule has 0 unspecified atom stereocenters. The van der Waals surface area contributed by atoms with Crippen molar-refractivity contribution in [3.63, 3.8) is 0 Å².